The van der Waals surface area contributed by atoms with E-state index in [1.807, 2.05) is 0 Å². The Balaban J connectivity index is 2.72. The fourth-order valence-corrected chi connectivity index (χ4v) is 1.26. The molecule has 18 heavy (non-hydrogen) atoms. The van der Waals surface area contributed by atoms with Crippen molar-refractivity contribution in [3.8, 4) is 6.07 Å². The van der Waals surface area contributed by atoms with Crippen molar-refractivity contribution >= 4 is 27.7 Å². The van der Waals surface area contributed by atoms with Gasteiger partial charge >= 0.3 is 5.97 Å². The van der Waals surface area contributed by atoms with E-state index in [1.54, 1.807) is 38.2 Å². The van der Waals surface area contributed by atoms with Gasteiger partial charge in [-0.1, -0.05) is 0 Å². The first-order valence-corrected chi connectivity index (χ1v) is 6.01. The van der Waals surface area contributed by atoms with E-state index < -0.39 is 5.97 Å². The SMILES string of the molecule is CC(C)OC(=O)C(C#N)=CNc1ccc(Br)cn1. The second-order valence-electron chi connectivity index (χ2n) is 3.63. The van der Waals surface area contributed by atoms with Gasteiger partial charge in [0.05, 0.1) is 6.10 Å². The maximum atomic E-state index is 11.5. The van der Waals surface area contributed by atoms with Gasteiger partial charge in [-0.15, -0.1) is 0 Å². The number of carbonyl (C=O) groups excluding carboxylic acids is 1. The average molecular weight is 310 g/mol. The number of halogens is 1. The van der Waals surface area contributed by atoms with Crippen LogP contribution in [0.25, 0.3) is 0 Å². The predicted octanol–water partition coefficient (Wildman–Crippen LogP) is 2.62. The maximum Gasteiger partial charge on any atom is 0.350 e. The molecule has 1 aromatic rings. The van der Waals surface area contributed by atoms with Crippen LogP contribution in [0.2, 0.25) is 0 Å². The summed E-state index contributed by atoms with van der Waals surface area (Å²) in [4.78, 5) is 15.5. The third-order valence-electron chi connectivity index (χ3n) is 1.77. The zero-order chi connectivity index (χ0) is 13.5. The molecule has 1 rings (SSSR count). The van der Waals surface area contributed by atoms with Crippen LogP contribution in [0, 0.1) is 11.3 Å². The summed E-state index contributed by atoms with van der Waals surface area (Å²) in [6, 6.07) is 5.28. The van der Waals surface area contributed by atoms with E-state index in [-0.39, 0.29) is 11.7 Å². The number of pyridine rings is 1. The number of hydrogen-bond donors (Lipinski definition) is 1. The van der Waals surface area contributed by atoms with E-state index in [9.17, 15) is 4.79 Å². The normalized spacial score (nSPS) is 10.9. The molecule has 1 N–H and O–H groups in total. The Hall–Kier alpha value is -1.87. The Labute approximate surface area is 114 Å². The third kappa shape index (κ3) is 4.55. The first kappa shape index (κ1) is 14.2. The van der Waals surface area contributed by atoms with Crippen molar-refractivity contribution in [2.75, 3.05) is 5.32 Å². The molecule has 1 aromatic heterocycles. The molecule has 0 aliphatic heterocycles. The molecule has 0 radical (unpaired) electrons. The summed E-state index contributed by atoms with van der Waals surface area (Å²) in [6.07, 6.45) is 2.62. The van der Waals surface area contributed by atoms with Gasteiger partial charge in [0.1, 0.15) is 11.9 Å². The first-order chi connectivity index (χ1) is 8.52. The van der Waals surface area contributed by atoms with Gasteiger partial charge in [-0.3, -0.25) is 0 Å². The molecule has 5 nitrogen and oxygen atoms in total. The molecule has 0 saturated carbocycles. The van der Waals surface area contributed by atoms with Crippen LogP contribution >= 0.6 is 15.9 Å². The minimum atomic E-state index is -0.655. The molecule has 6 heteroatoms. The Morgan fingerprint density at radius 2 is 2.33 bits per heavy atom. The van der Waals surface area contributed by atoms with E-state index in [2.05, 4.69) is 26.2 Å². The van der Waals surface area contributed by atoms with Crippen molar-refractivity contribution in [2.24, 2.45) is 0 Å². The van der Waals surface area contributed by atoms with Crippen LogP contribution in [-0.2, 0) is 9.53 Å². The van der Waals surface area contributed by atoms with Gasteiger partial charge in [-0.05, 0) is 41.9 Å². The average Bonchev–Trinajstić information content (AvgIpc) is 2.31. The summed E-state index contributed by atoms with van der Waals surface area (Å²) in [5.74, 6) is -0.125. The predicted molar refractivity (Wildman–Crippen MR) is 70.5 cm³/mol. The Bertz CT molecular complexity index is 489. The minimum absolute atomic E-state index is 0.103. The van der Waals surface area contributed by atoms with Crippen molar-refractivity contribution in [1.82, 2.24) is 4.98 Å². The van der Waals surface area contributed by atoms with Gasteiger partial charge in [0.15, 0.2) is 5.57 Å². The number of nitriles is 1. The highest BCUT2D eigenvalue weighted by atomic mass is 79.9. The molecular formula is C12H12BrN3O2. The number of carbonyl (C=O) groups is 1. The zero-order valence-electron chi connectivity index (χ0n) is 9.98. The fraction of sp³-hybridized carbons (Fsp3) is 0.250. The highest BCUT2D eigenvalue weighted by Gasteiger charge is 2.11. The third-order valence-corrected chi connectivity index (χ3v) is 2.24. The quantitative estimate of drug-likeness (QED) is 0.525. The molecule has 0 atom stereocenters. The molecule has 0 aliphatic rings. The molecule has 0 unspecified atom stereocenters. The summed E-state index contributed by atoms with van der Waals surface area (Å²) in [6.45, 7) is 3.44. The molecule has 0 bridgehead atoms. The summed E-state index contributed by atoms with van der Waals surface area (Å²) >= 11 is 3.26. The second kappa shape index (κ2) is 6.77. The number of nitrogens with one attached hydrogen (secondary N) is 1. The highest BCUT2D eigenvalue weighted by Crippen LogP contribution is 2.11. The van der Waals surface area contributed by atoms with E-state index >= 15 is 0 Å². The van der Waals surface area contributed by atoms with Gasteiger partial charge < -0.3 is 10.1 Å². The van der Waals surface area contributed by atoms with Gasteiger partial charge in [0.2, 0.25) is 0 Å². The van der Waals surface area contributed by atoms with Crippen LogP contribution in [0.4, 0.5) is 5.82 Å². The highest BCUT2D eigenvalue weighted by molar-refractivity contribution is 9.10. The van der Waals surface area contributed by atoms with E-state index in [0.717, 1.165) is 4.47 Å². The topological polar surface area (TPSA) is 75.0 Å². The molecule has 0 amide bonds. The van der Waals surface area contributed by atoms with Crippen LogP contribution in [0.15, 0.2) is 34.6 Å². The largest absolute Gasteiger partial charge is 0.459 e. The van der Waals surface area contributed by atoms with Crippen LogP contribution in [-0.4, -0.2) is 17.1 Å². The van der Waals surface area contributed by atoms with Crippen molar-refractivity contribution in [2.45, 2.75) is 20.0 Å². The zero-order valence-corrected chi connectivity index (χ0v) is 11.6. The fourth-order valence-electron chi connectivity index (χ4n) is 1.02. The van der Waals surface area contributed by atoms with Gasteiger partial charge in [0, 0.05) is 16.9 Å². The Kier molecular flexibility index (Phi) is 5.33. The number of ether oxygens (including phenoxy) is 1. The minimum Gasteiger partial charge on any atom is -0.459 e. The number of rotatable bonds is 4. The van der Waals surface area contributed by atoms with Crippen molar-refractivity contribution in [1.29, 1.82) is 5.26 Å². The van der Waals surface area contributed by atoms with E-state index in [1.165, 1.54) is 6.20 Å². The lowest BCUT2D eigenvalue weighted by Gasteiger charge is -2.06. The number of esters is 1. The van der Waals surface area contributed by atoms with Crippen LogP contribution in [0.3, 0.4) is 0 Å². The molecule has 0 spiro atoms. The number of hydrogen-bond acceptors (Lipinski definition) is 5. The number of aromatic nitrogens is 1. The lowest BCUT2D eigenvalue weighted by molar-refractivity contribution is -0.142. The Morgan fingerprint density at radius 3 is 2.83 bits per heavy atom. The summed E-state index contributed by atoms with van der Waals surface area (Å²) in [5, 5.41) is 11.6. The first-order valence-electron chi connectivity index (χ1n) is 5.22. The van der Waals surface area contributed by atoms with Gasteiger partial charge in [-0.25, -0.2) is 9.78 Å². The van der Waals surface area contributed by atoms with Gasteiger partial charge in [-0.2, -0.15) is 5.26 Å². The lowest BCUT2D eigenvalue weighted by Crippen LogP contribution is -2.13. The summed E-state index contributed by atoms with van der Waals surface area (Å²) in [7, 11) is 0. The van der Waals surface area contributed by atoms with Gasteiger partial charge in [0.25, 0.3) is 0 Å². The van der Waals surface area contributed by atoms with Crippen molar-refractivity contribution in [3.63, 3.8) is 0 Å². The summed E-state index contributed by atoms with van der Waals surface area (Å²) in [5.41, 5.74) is -0.103. The molecule has 0 aliphatic carbocycles. The molecule has 94 valence electrons. The Morgan fingerprint density at radius 1 is 1.61 bits per heavy atom. The molecular weight excluding hydrogens is 298 g/mol. The van der Waals surface area contributed by atoms with Crippen molar-refractivity contribution < 1.29 is 9.53 Å². The van der Waals surface area contributed by atoms with E-state index in [0.29, 0.717) is 5.82 Å². The molecule has 1 heterocycles. The maximum absolute atomic E-state index is 11.5. The standard InChI is InChI=1S/C12H12BrN3O2/c1-8(2)18-12(17)9(5-14)6-15-11-4-3-10(13)7-16-11/h3-4,6-8H,1-2H3,(H,15,16). The second-order valence-corrected chi connectivity index (χ2v) is 4.55. The molecule has 0 aromatic carbocycles. The monoisotopic (exact) mass is 309 g/mol. The van der Waals surface area contributed by atoms with Crippen molar-refractivity contribution in [3.05, 3.63) is 34.6 Å². The van der Waals surface area contributed by atoms with Crippen LogP contribution in [0.5, 0.6) is 0 Å². The molecule has 0 fully saturated rings. The number of nitrogens with zero attached hydrogens (tertiary/aromatic N) is 2. The van der Waals surface area contributed by atoms with E-state index in [4.69, 9.17) is 10.00 Å². The molecule has 0 saturated heterocycles. The van der Waals surface area contributed by atoms with Crippen LogP contribution < -0.4 is 5.32 Å². The number of anilines is 1. The lowest BCUT2D eigenvalue weighted by atomic mass is 10.3. The smallest absolute Gasteiger partial charge is 0.350 e. The van der Waals surface area contributed by atoms with Crippen LogP contribution in [0.1, 0.15) is 13.8 Å². The summed E-state index contributed by atoms with van der Waals surface area (Å²) < 4.78 is 5.76.